The topological polar surface area (TPSA) is 64.0 Å². The summed E-state index contributed by atoms with van der Waals surface area (Å²) >= 11 is 6.07. The third-order valence-corrected chi connectivity index (χ3v) is 6.14. The number of halogens is 1. The summed E-state index contributed by atoms with van der Waals surface area (Å²) in [4.78, 5) is 0.247. The van der Waals surface area contributed by atoms with Crippen molar-refractivity contribution in [1.29, 1.82) is 0 Å². The number of benzene rings is 1. The van der Waals surface area contributed by atoms with Crippen LogP contribution in [0, 0.1) is 6.92 Å². The molecule has 3 rings (SSSR count). The highest BCUT2D eigenvalue weighted by Crippen LogP contribution is 2.30. The Balaban J connectivity index is 1.78. The molecule has 23 heavy (non-hydrogen) atoms. The molecular formula is C16H20ClN3O2S. The predicted molar refractivity (Wildman–Crippen MR) is 89.9 cm³/mol. The van der Waals surface area contributed by atoms with Crippen LogP contribution in [0.1, 0.15) is 43.0 Å². The van der Waals surface area contributed by atoms with E-state index in [0.717, 1.165) is 18.4 Å². The Morgan fingerprint density at radius 2 is 2.00 bits per heavy atom. The van der Waals surface area contributed by atoms with Gasteiger partial charge in [0, 0.05) is 17.8 Å². The zero-order valence-corrected chi connectivity index (χ0v) is 14.6. The minimum Gasteiger partial charge on any atom is -0.268 e. The van der Waals surface area contributed by atoms with Crippen molar-refractivity contribution in [3.05, 3.63) is 46.7 Å². The first-order valence-electron chi connectivity index (χ1n) is 7.76. The van der Waals surface area contributed by atoms with Crippen molar-refractivity contribution in [2.24, 2.45) is 0 Å². The zero-order chi connectivity index (χ0) is 16.4. The maximum absolute atomic E-state index is 12.6. The molecule has 7 heteroatoms. The van der Waals surface area contributed by atoms with Crippen LogP contribution in [-0.2, 0) is 16.6 Å². The SMILES string of the molecule is Cc1nn(C2CCCC2)cc1S(=O)(=O)NCc1ccccc1Cl. The standard InChI is InChI=1S/C16H20ClN3O2S/c1-12-16(11-20(19-12)14-7-3-4-8-14)23(21,22)18-10-13-6-2-5-9-15(13)17/h2,5-6,9,11,14,18H,3-4,7-8,10H2,1H3. The maximum Gasteiger partial charge on any atom is 0.244 e. The van der Waals surface area contributed by atoms with Gasteiger partial charge in [0.25, 0.3) is 0 Å². The van der Waals surface area contributed by atoms with Crippen LogP contribution in [0.15, 0.2) is 35.4 Å². The van der Waals surface area contributed by atoms with Gasteiger partial charge in [-0.1, -0.05) is 42.6 Å². The molecule has 5 nitrogen and oxygen atoms in total. The molecule has 1 aromatic carbocycles. The van der Waals surface area contributed by atoms with Gasteiger partial charge in [-0.05, 0) is 31.4 Å². The van der Waals surface area contributed by atoms with Gasteiger partial charge in [-0.15, -0.1) is 0 Å². The normalized spacial score (nSPS) is 16.1. The molecule has 0 spiro atoms. The number of nitrogens with one attached hydrogen (secondary N) is 1. The fraction of sp³-hybridized carbons (Fsp3) is 0.438. The van der Waals surface area contributed by atoms with E-state index in [-0.39, 0.29) is 11.4 Å². The number of hydrogen-bond donors (Lipinski definition) is 1. The third-order valence-electron chi connectivity index (χ3n) is 4.27. The Hall–Kier alpha value is -1.37. The van der Waals surface area contributed by atoms with Gasteiger partial charge >= 0.3 is 0 Å². The number of aryl methyl sites for hydroxylation is 1. The highest BCUT2D eigenvalue weighted by Gasteiger charge is 2.24. The quantitative estimate of drug-likeness (QED) is 0.895. The van der Waals surface area contributed by atoms with Gasteiger partial charge in [0.2, 0.25) is 10.0 Å². The van der Waals surface area contributed by atoms with Crippen molar-refractivity contribution in [2.45, 2.75) is 50.1 Å². The van der Waals surface area contributed by atoms with Gasteiger partial charge in [-0.25, -0.2) is 13.1 Å². The van der Waals surface area contributed by atoms with Crippen LogP contribution in [0.2, 0.25) is 5.02 Å². The lowest BCUT2D eigenvalue weighted by molar-refractivity contribution is 0.464. The summed E-state index contributed by atoms with van der Waals surface area (Å²) in [7, 11) is -3.61. The van der Waals surface area contributed by atoms with E-state index < -0.39 is 10.0 Å². The average molecular weight is 354 g/mol. The number of rotatable bonds is 5. The third kappa shape index (κ3) is 3.59. The van der Waals surface area contributed by atoms with Gasteiger partial charge in [0.05, 0.1) is 11.7 Å². The van der Waals surface area contributed by atoms with Gasteiger partial charge in [-0.2, -0.15) is 5.10 Å². The molecule has 1 aliphatic rings. The first-order chi connectivity index (χ1) is 11.0. The number of nitrogens with zero attached hydrogens (tertiary/aromatic N) is 2. The second-order valence-electron chi connectivity index (χ2n) is 5.91. The van der Waals surface area contributed by atoms with Gasteiger partial charge in [-0.3, -0.25) is 4.68 Å². The van der Waals surface area contributed by atoms with Crippen LogP contribution >= 0.6 is 11.6 Å². The molecule has 1 saturated carbocycles. The molecule has 1 fully saturated rings. The molecular weight excluding hydrogens is 334 g/mol. The van der Waals surface area contributed by atoms with Crippen molar-refractivity contribution in [1.82, 2.24) is 14.5 Å². The lowest BCUT2D eigenvalue weighted by Crippen LogP contribution is -2.23. The second kappa shape index (κ2) is 6.63. The summed E-state index contributed by atoms with van der Waals surface area (Å²) < 4.78 is 29.5. The summed E-state index contributed by atoms with van der Waals surface area (Å²) in [5, 5.41) is 4.95. The highest BCUT2D eigenvalue weighted by molar-refractivity contribution is 7.89. The number of sulfonamides is 1. The molecule has 2 aromatic rings. The molecule has 1 N–H and O–H groups in total. The van der Waals surface area contributed by atoms with Crippen molar-refractivity contribution < 1.29 is 8.42 Å². The van der Waals surface area contributed by atoms with E-state index in [0.29, 0.717) is 16.8 Å². The van der Waals surface area contributed by atoms with Crippen LogP contribution in [0.5, 0.6) is 0 Å². The van der Waals surface area contributed by atoms with Crippen molar-refractivity contribution in [3.63, 3.8) is 0 Å². The van der Waals surface area contributed by atoms with E-state index in [1.807, 2.05) is 16.8 Å². The lowest BCUT2D eigenvalue weighted by atomic mass is 10.2. The fourth-order valence-electron chi connectivity index (χ4n) is 2.98. The molecule has 1 aromatic heterocycles. The van der Waals surface area contributed by atoms with Crippen LogP contribution in [0.25, 0.3) is 0 Å². The zero-order valence-electron chi connectivity index (χ0n) is 13.0. The van der Waals surface area contributed by atoms with Crippen molar-refractivity contribution in [3.8, 4) is 0 Å². The minimum atomic E-state index is -3.61. The van der Waals surface area contributed by atoms with E-state index in [1.54, 1.807) is 25.3 Å². The van der Waals surface area contributed by atoms with E-state index in [1.165, 1.54) is 12.8 Å². The molecule has 0 saturated heterocycles. The average Bonchev–Trinajstić information content (AvgIpc) is 3.15. The lowest BCUT2D eigenvalue weighted by Gasteiger charge is -2.09. The Morgan fingerprint density at radius 1 is 1.30 bits per heavy atom. The van der Waals surface area contributed by atoms with E-state index in [2.05, 4.69) is 9.82 Å². The van der Waals surface area contributed by atoms with Crippen LogP contribution in [-0.4, -0.2) is 18.2 Å². The first kappa shape index (κ1) is 16.5. The van der Waals surface area contributed by atoms with Gasteiger partial charge < -0.3 is 0 Å². The maximum atomic E-state index is 12.6. The minimum absolute atomic E-state index is 0.163. The Bertz CT molecular complexity index is 795. The van der Waals surface area contributed by atoms with Crippen LogP contribution < -0.4 is 4.72 Å². The van der Waals surface area contributed by atoms with E-state index >= 15 is 0 Å². The van der Waals surface area contributed by atoms with Crippen LogP contribution in [0.4, 0.5) is 0 Å². The van der Waals surface area contributed by atoms with Crippen molar-refractivity contribution >= 4 is 21.6 Å². The summed E-state index contributed by atoms with van der Waals surface area (Å²) in [5.74, 6) is 0. The summed E-state index contributed by atoms with van der Waals surface area (Å²) in [6.07, 6.45) is 6.13. The highest BCUT2D eigenvalue weighted by atomic mass is 35.5. The Labute approximate surface area is 141 Å². The summed E-state index contributed by atoms with van der Waals surface area (Å²) in [6.45, 7) is 1.89. The predicted octanol–water partition coefficient (Wildman–Crippen LogP) is 3.44. The second-order valence-corrected chi connectivity index (χ2v) is 8.06. The molecule has 0 radical (unpaired) electrons. The Morgan fingerprint density at radius 3 is 2.70 bits per heavy atom. The van der Waals surface area contributed by atoms with Crippen molar-refractivity contribution in [2.75, 3.05) is 0 Å². The first-order valence-corrected chi connectivity index (χ1v) is 9.62. The molecule has 124 valence electrons. The molecule has 0 atom stereocenters. The fourth-order valence-corrected chi connectivity index (χ4v) is 4.36. The monoisotopic (exact) mass is 353 g/mol. The van der Waals surface area contributed by atoms with E-state index in [4.69, 9.17) is 11.6 Å². The molecule has 0 aliphatic heterocycles. The smallest absolute Gasteiger partial charge is 0.244 e. The number of hydrogen-bond acceptors (Lipinski definition) is 3. The molecule has 1 heterocycles. The molecule has 0 unspecified atom stereocenters. The number of aromatic nitrogens is 2. The summed E-state index contributed by atoms with van der Waals surface area (Å²) in [6, 6.07) is 7.52. The van der Waals surface area contributed by atoms with Gasteiger partial charge in [0.1, 0.15) is 4.90 Å². The molecule has 0 bridgehead atoms. The van der Waals surface area contributed by atoms with E-state index in [9.17, 15) is 8.42 Å². The molecule has 0 amide bonds. The van der Waals surface area contributed by atoms with Gasteiger partial charge in [0.15, 0.2) is 0 Å². The molecule has 1 aliphatic carbocycles. The largest absolute Gasteiger partial charge is 0.268 e. The Kier molecular flexibility index (Phi) is 4.75. The summed E-state index contributed by atoms with van der Waals surface area (Å²) in [5.41, 5.74) is 1.28. The van der Waals surface area contributed by atoms with Crippen LogP contribution in [0.3, 0.4) is 0 Å².